The van der Waals surface area contributed by atoms with Gasteiger partial charge in [0.1, 0.15) is 18.3 Å². The van der Waals surface area contributed by atoms with Crippen molar-refractivity contribution in [1.82, 2.24) is 15.0 Å². The van der Waals surface area contributed by atoms with Gasteiger partial charge in [-0.05, 0) is 30.7 Å². The van der Waals surface area contributed by atoms with Crippen LogP contribution in [0.3, 0.4) is 0 Å². The number of anilines is 1. The Bertz CT molecular complexity index is 930. The van der Waals surface area contributed by atoms with Gasteiger partial charge in [-0.1, -0.05) is 5.21 Å². The van der Waals surface area contributed by atoms with Gasteiger partial charge in [-0.15, -0.1) is 5.10 Å². The summed E-state index contributed by atoms with van der Waals surface area (Å²) in [5, 5.41) is 10.1. The van der Waals surface area contributed by atoms with Crippen molar-refractivity contribution in [2.45, 2.75) is 25.3 Å². The molecule has 0 aliphatic carbocycles. The number of nitrogens with one attached hydrogen (secondary N) is 1. The average Bonchev–Trinajstić information content (AvgIpc) is 2.97. The Balaban J connectivity index is 1.86. The van der Waals surface area contributed by atoms with E-state index in [1.165, 1.54) is 16.8 Å². The van der Waals surface area contributed by atoms with Crippen molar-refractivity contribution in [3.05, 3.63) is 41.0 Å². The highest BCUT2D eigenvalue weighted by molar-refractivity contribution is 6.03. The lowest BCUT2D eigenvalue weighted by Gasteiger charge is -2.32. The monoisotopic (exact) mass is 396 g/mol. The molecule has 1 aliphatic heterocycles. The second-order valence-corrected chi connectivity index (χ2v) is 6.58. The van der Waals surface area contributed by atoms with Crippen LogP contribution in [-0.2, 0) is 18.2 Å². The van der Waals surface area contributed by atoms with E-state index in [-0.39, 0.29) is 36.0 Å². The summed E-state index contributed by atoms with van der Waals surface area (Å²) < 4.78 is 48.2. The number of hydrogen-bond donors (Lipinski definition) is 2. The van der Waals surface area contributed by atoms with Gasteiger partial charge in [-0.25, -0.2) is 13.2 Å². The predicted octanol–water partition coefficient (Wildman–Crippen LogP) is 1.45. The Morgan fingerprint density at radius 1 is 1.46 bits per heavy atom. The van der Waals surface area contributed by atoms with Gasteiger partial charge in [0.15, 0.2) is 11.2 Å². The zero-order chi connectivity index (χ0) is 20.5. The van der Waals surface area contributed by atoms with E-state index in [9.17, 15) is 18.0 Å². The van der Waals surface area contributed by atoms with Gasteiger partial charge < -0.3 is 15.8 Å². The number of aryl methyl sites for hydroxylation is 1. The number of halogens is 3. The van der Waals surface area contributed by atoms with Gasteiger partial charge in [0, 0.05) is 19.2 Å². The zero-order valence-corrected chi connectivity index (χ0v) is 15.2. The molecule has 1 unspecified atom stereocenters. The molecule has 0 fully saturated rings. The van der Waals surface area contributed by atoms with Gasteiger partial charge in [-0.3, -0.25) is 14.5 Å². The summed E-state index contributed by atoms with van der Waals surface area (Å²) in [4.78, 5) is 16.2. The number of aromatic nitrogens is 3. The molecule has 1 aliphatic rings. The largest absolute Gasteiger partial charge is 0.386 e. The minimum atomic E-state index is -2.91. The maximum absolute atomic E-state index is 14.3. The highest BCUT2D eigenvalue weighted by Crippen LogP contribution is 2.30. The van der Waals surface area contributed by atoms with E-state index in [1.54, 1.807) is 14.0 Å². The quantitative estimate of drug-likeness (QED) is 0.796. The fraction of sp³-hybridized carbons (Fsp3) is 0.412. The van der Waals surface area contributed by atoms with E-state index >= 15 is 0 Å². The Kier molecular flexibility index (Phi) is 5.36. The summed E-state index contributed by atoms with van der Waals surface area (Å²) in [5.41, 5.74) is 4.39. The van der Waals surface area contributed by atoms with Gasteiger partial charge >= 0.3 is 0 Å². The van der Waals surface area contributed by atoms with Crippen molar-refractivity contribution in [3.63, 3.8) is 0 Å². The van der Waals surface area contributed by atoms with Crippen LogP contribution in [-0.4, -0.2) is 51.9 Å². The highest BCUT2D eigenvalue weighted by Gasteiger charge is 2.43. The van der Waals surface area contributed by atoms with Crippen LogP contribution in [0.2, 0.25) is 0 Å². The van der Waals surface area contributed by atoms with Crippen molar-refractivity contribution in [2.75, 3.05) is 18.5 Å². The molecule has 1 aromatic carbocycles. The number of hydrogen-bond acceptors (Lipinski definition) is 6. The molecule has 3 rings (SSSR count). The number of amides is 1. The summed E-state index contributed by atoms with van der Waals surface area (Å²) in [5.74, 6) is -1.32. The average molecular weight is 396 g/mol. The SMILES string of the molecule is Cc1c(C(=O)Nc2ccc(F)c(CC3(C(F)F)COCC(N)=N3)c2)nnn1C. The number of rotatable bonds is 5. The van der Waals surface area contributed by atoms with Crippen LogP contribution in [0.5, 0.6) is 0 Å². The Morgan fingerprint density at radius 3 is 2.82 bits per heavy atom. The van der Waals surface area contributed by atoms with Crippen molar-refractivity contribution in [1.29, 1.82) is 0 Å². The van der Waals surface area contributed by atoms with Crippen molar-refractivity contribution >= 4 is 17.4 Å². The summed E-state index contributed by atoms with van der Waals surface area (Å²) >= 11 is 0. The first kappa shape index (κ1) is 19.8. The molecule has 3 N–H and O–H groups in total. The van der Waals surface area contributed by atoms with E-state index in [4.69, 9.17) is 10.5 Å². The van der Waals surface area contributed by atoms with Crippen LogP contribution >= 0.6 is 0 Å². The smallest absolute Gasteiger partial charge is 0.278 e. The van der Waals surface area contributed by atoms with E-state index in [1.807, 2.05) is 0 Å². The maximum atomic E-state index is 14.3. The number of nitrogens with zero attached hydrogens (tertiary/aromatic N) is 4. The van der Waals surface area contributed by atoms with Gasteiger partial charge in [0.25, 0.3) is 12.3 Å². The molecule has 0 saturated carbocycles. The number of aliphatic imine (C=N–C) groups is 1. The lowest BCUT2D eigenvalue weighted by molar-refractivity contribution is -0.0103. The molecule has 2 aromatic rings. The van der Waals surface area contributed by atoms with Crippen molar-refractivity contribution in [3.8, 4) is 0 Å². The van der Waals surface area contributed by atoms with Gasteiger partial charge in [0.05, 0.1) is 12.3 Å². The third kappa shape index (κ3) is 3.84. The summed E-state index contributed by atoms with van der Waals surface area (Å²) in [6.45, 7) is 1.23. The van der Waals surface area contributed by atoms with Crippen LogP contribution in [0.4, 0.5) is 18.9 Å². The number of nitrogens with two attached hydrogens (primary N) is 1. The van der Waals surface area contributed by atoms with E-state index in [0.717, 1.165) is 6.07 Å². The molecule has 0 spiro atoms. The number of ether oxygens (including phenoxy) is 1. The molecule has 11 heteroatoms. The molecule has 2 heterocycles. The lowest BCUT2D eigenvalue weighted by Crippen LogP contribution is -2.48. The van der Waals surface area contributed by atoms with Gasteiger partial charge in [-0.2, -0.15) is 0 Å². The van der Waals surface area contributed by atoms with Crippen LogP contribution in [0.1, 0.15) is 21.7 Å². The molecule has 0 saturated heterocycles. The third-order valence-electron chi connectivity index (χ3n) is 4.50. The van der Waals surface area contributed by atoms with E-state index < -0.39 is 30.1 Å². The fourth-order valence-corrected chi connectivity index (χ4v) is 2.88. The molecule has 0 radical (unpaired) electrons. The predicted molar refractivity (Wildman–Crippen MR) is 95.0 cm³/mol. The maximum Gasteiger partial charge on any atom is 0.278 e. The topological polar surface area (TPSA) is 107 Å². The molecular weight excluding hydrogens is 377 g/mol. The molecule has 8 nitrogen and oxygen atoms in total. The van der Waals surface area contributed by atoms with Gasteiger partial charge in [0.2, 0.25) is 0 Å². The molecule has 1 amide bonds. The Labute approximate surface area is 158 Å². The van der Waals surface area contributed by atoms with E-state index in [2.05, 4.69) is 20.6 Å². The second-order valence-electron chi connectivity index (χ2n) is 6.58. The lowest BCUT2D eigenvalue weighted by atomic mass is 9.91. The van der Waals surface area contributed by atoms with Crippen LogP contribution in [0, 0.1) is 12.7 Å². The third-order valence-corrected chi connectivity index (χ3v) is 4.50. The van der Waals surface area contributed by atoms with E-state index in [0.29, 0.717) is 5.69 Å². The second kappa shape index (κ2) is 7.58. The number of carbonyl (C=O) groups excluding carboxylic acids is 1. The van der Waals surface area contributed by atoms with Crippen LogP contribution in [0.15, 0.2) is 23.2 Å². The minimum Gasteiger partial charge on any atom is -0.386 e. The first-order valence-corrected chi connectivity index (χ1v) is 8.38. The Hall–Kier alpha value is -2.95. The molecule has 0 bridgehead atoms. The van der Waals surface area contributed by atoms with Crippen LogP contribution < -0.4 is 11.1 Å². The fourth-order valence-electron chi connectivity index (χ4n) is 2.88. The number of benzene rings is 1. The standard InChI is InChI=1S/C17H19F3N6O2/c1-9-14(24-25-26(9)2)15(27)22-11-3-4-12(18)10(5-11)6-17(16(19)20)8-28-7-13(21)23-17/h3-5,16H,6-8H2,1-2H3,(H2,21,23)(H,22,27). The Morgan fingerprint density at radius 2 is 2.21 bits per heavy atom. The molecule has 1 atom stereocenters. The first-order chi connectivity index (χ1) is 13.2. The molecule has 28 heavy (non-hydrogen) atoms. The molecular formula is C17H19F3N6O2. The summed E-state index contributed by atoms with van der Waals surface area (Å²) in [7, 11) is 1.64. The highest BCUT2D eigenvalue weighted by atomic mass is 19.3. The summed E-state index contributed by atoms with van der Waals surface area (Å²) in [6.07, 6.45) is -3.35. The summed E-state index contributed by atoms with van der Waals surface area (Å²) in [6, 6.07) is 3.69. The number of amidine groups is 1. The van der Waals surface area contributed by atoms with Crippen molar-refractivity contribution in [2.24, 2.45) is 17.8 Å². The molecule has 150 valence electrons. The number of alkyl halides is 2. The minimum absolute atomic E-state index is 0.0454. The normalized spacial score (nSPS) is 19.6. The molecule has 1 aromatic heterocycles. The zero-order valence-electron chi connectivity index (χ0n) is 15.2. The number of carbonyl (C=O) groups is 1. The first-order valence-electron chi connectivity index (χ1n) is 8.38. The van der Waals surface area contributed by atoms with Crippen LogP contribution in [0.25, 0.3) is 0 Å². The van der Waals surface area contributed by atoms with Crippen molar-refractivity contribution < 1.29 is 22.7 Å².